The Morgan fingerprint density at radius 1 is 1.24 bits per heavy atom. The highest BCUT2D eigenvalue weighted by molar-refractivity contribution is 5.82. The summed E-state index contributed by atoms with van der Waals surface area (Å²) in [6.45, 7) is 4.59. The van der Waals surface area contributed by atoms with E-state index in [9.17, 15) is 9.59 Å². The van der Waals surface area contributed by atoms with Crippen molar-refractivity contribution in [2.45, 2.75) is 44.3 Å². The lowest BCUT2D eigenvalue weighted by Gasteiger charge is -2.26. The SMILES string of the molecule is CC(C)(CNC(=O)[C@@H]1CC[C@H](C(=O)O)O1)c1ccccc1. The van der Waals surface area contributed by atoms with E-state index in [4.69, 9.17) is 9.84 Å². The molecule has 1 aromatic rings. The molecule has 114 valence electrons. The number of hydrogen-bond donors (Lipinski definition) is 2. The van der Waals surface area contributed by atoms with E-state index in [1.807, 2.05) is 30.3 Å². The van der Waals surface area contributed by atoms with Crippen LogP contribution in [0.25, 0.3) is 0 Å². The largest absolute Gasteiger partial charge is 0.479 e. The normalized spacial score (nSPS) is 22.0. The van der Waals surface area contributed by atoms with Gasteiger partial charge in [0.25, 0.3) is 0 Å². The third-order valence-electron chi connectivity index (χ3n) is 3.85. The van der Waals surface area contributed by atoms with Crippen LogP contribution in [0, 0.1) is 0 Å². The lowest BCUT2D eigenvalue weighted by Crippen LogP contribution is -2.42. The molecule has 1 aliphatic rings. The molecule has 1 aliphatic heterocycles. The van der Waals surface area contributed by atoms with Crippen LogP contribution >= 0.6 is 0 Å². The van der Waals surface area contributed by atoms with Crippen molar-refractivity contribution in [3.63, 3.8) is 0 Å². The van der Waals surface area contributed by atoms with Gasteiger partial charge in [0, 0.05) is 12.0 Å². The first-order valence-corrected chi connectivity index (χ1v) is 7.11. The minimum absolute atomic E-state index is 0.193. The lowest BCUT2D eigenvalue weighted by molar-refractivity contribution is -0.151. The summed E-state index contributed by atoms with van der Waals surface area (Å²) in [5, 5.41) is 11.7. The number of carbonyl (C=O) groups is 2. The Morgan fingerprint density at radius 2 is 1.86 bits per heavy atom. The minimum atomic E-state index is -1.00. The van der Waals surface area contributed by atoms with Crippen LogP contribution in [-0.2, 0) is 19.7 Å². The molecule has 2 rings (SSSR count). The fourth-order valence-corrected chi connectivity index (χ4v) is 2.43. The van der Waals surface area contributed by atoms with Crippen LogP contribution in [0.1, 0.15) is 32.3 Å². The van der Waals surface area contributed by atoms with Crippen molar-refractivity contribution in [1.29, 1.82) is 0 Å². The Labute approximate surface area is 124 Å². The quantitative estimate of drug-likeness (QED) is 0.866. The van der Waals surface area contributed by atoms with Crippen molar-refractivity contribution >= 4 is 11.9 Å². The minimum Gasteiger partial charge on any atom is -0.479 e. The smallest absolute Gasteiger partial charge is 0.332 e. The highest BCUT2D eigenvalue weighted by atomic mass is 16.5. The second-order valence-electron chi connectivity index (χ2n) is 6.00. The maximum atomic E-state index is 12.1. The number of carbonyl (C=O) groups excluding carboxylic acids is 1. The lowest BCUT2D eigenvalue weighted by atomic mass is 9.84. The zero-order valence-corrected chi connectivity index (χ0v) is 12.3. The summed E-state index contributed by atoms with van der Waals surface area (Å²) in [5.41, 5.74) is 0.947. The van der Waals surface area contributed by atoms with Crippen LogP contribution in [0.2, 0.25) is 0 Å². The molecule has 0 aromatic heterocycles. The van der Waals surface area contributed by atoms with Crippen LogP contribution in [0.15, 0.2) is 30.3 Å². The molecule has 0 radical (unpaired) electrons. The Kier molecular flexibility index (Phi) is 4.63. The van der Waals surface area contributed by atoms with Gasteiger partial charge in [0.15, 0.2) is 6.10 Å². The molecule has 21 heavy (non-hydrogen) atoms. The van der Waals surface area contributed by atoms with E-state index in [-0.39, 0.29) is 11.3 Å². The van der Waals surface area contributed by atoms with Crippen LogP contribution in [-0.4, -0.2) is 35.7 Å². The van der Waals surface area contributed by atoms with Crippen molar-refractivity contribution < 1.29 is 19.4 Å². The molecule has 1 fully saturated rings. The third-order valence-corrected chi connectivity index (χ3v) is 3.85. The Bertz CT molecular complexity index is 512. The highest BCUT2D eigenvalue weighted by Gasteiger charge is 2.35. The molecule has 0 bridgehead atoms. The Balaban J connectivity index is 1.88. The molecule has 0 aliphatic carbocycles. The van der Waals surface area contributed by atoms with Gasteiger partial charge in [-0.25, -0.2) is 4.79 Å². The molecule has 1 saturated heterocycles. The topological polar surface area (TPSA) is 75.6 Å². The van der Waals surface area contributed by atoms with Crippen LogP contribution < -0.4 is 5.32 Å². The molecular formula is C16H21NO4. The van der Waals surface area contributed by atoms with E-state index in [2.05, 4.69) is 19.2 Å². The number of aliphatic carboxylic acids is 1. The number of carboxylic acid groups (broad SMARTS) is 1. The number of rotatable bonds is 5. The standard InChI is InChI=1S/C16H21NO4/c1-16(2,11-6-4-3-5-7-11)10-17-14(18)12-8-9-13(21-12)15(19)20/h3-7,12-13H,8-10H2,1-2H3,(H,17,18)(H,19,20)/t12-,13+/m0/s1. The Hall–Kier alpha value is -1.88. The van der Waals surface area contributed by atoms with Crippen LogP contribution in [0.4, 0.5) is 0 Å². The van der Waals surface area contributed by atoms with Gasteiger partial charge in [-0.2, -0.15) is 0 Å². The van der Waals surface area contributed by atoms with Gasteiger partial charge in [0.2, 0.25) is 5.91 Å². The zero-order chi connectivity index (χ0) is 15.5. The first kappa shape index (κ1) is 15.5. The number of benzene rings is 1. The molecule has 0 unspecified atom stereocenters. The zero-order valence-electron chi connectivity index (χ0n) is 12.3. The molecule has 1 aromatic carbocycles. The van der Waals surface area contributed by atoms with Gasteiger partial charge in [-0.3, -0.25) is 4.79 Å². The van der Waals surface area contributed by atoms with Gasteiger partial charge in [0.1, 0.15) is 6.10 Å². The van der Waals surface area contributed by atoms with Crippen molar-refractivity contribution in [3.8, 4) is 0 Å². The van der Waals surface area contributed by atoms with Gasteiger partial charge >= 0.3 is 5.97 Å². The highest BCUT2D eigenvalue weighted by Crippen LogP contribution is 2.23. The number of hydrogen-bond acceptors (Lipinski definition) is 3. The average Bonchev–Trinajstić information content (AvgIpc) is 2.96. The summed E-state index contributed by atoms with van der Waals surface area (Å²) >= 11 is 0. The molecule has 5 heteroatoms. The summed E-state index contributed by atoms with van der Waals surface area (Å²) < 4.78 is 5.24. The van der Waals surface area contributed by atoms with E-state index < -0.39 is 18.2 Å². The number of nitrogens with one attached hydrogen (secondary N) is 1. The second kappa shape index (κ2) is 6.26. The summed E-state index contributed by atoms with van der Waals surface area (Å²) in [5.74, 6) is -1.24. The fourth-order valence-electron chi connectivity index (χ4n) is 2.43. The van der Waals surface area contributed by atoms with Gasteiger partial charge in [-0.05, 0) is 18.4 Å². The van der Waals surface area contributed by atoms with Gasteiger partial charge in [0.05, 0.1) is 0 Å². The number of amides is 1. The molecule has 1 amide bonds. The fraction of sp³-hybridized carbons (Fsp3) is 0.500. The molecule has 5 nitrogen and oxygen atoms in total. The first-order chi connectivity index (χ1) is 9.90. The van der Waals surface area contributed by atoms with E-state index in [1.54, 1.807) is 0 Å². The van der Waals surface area contributed by atoms with Gasteiger partial charge < -0.3 is 15.2 Å². The summed E-state index contributed by atoms with van der Waals surface area (Å²) in [4.78, 5) is 22.9. The molecule has 0 saturated carbocycles. The van der Waals surface area contributed by atoms with Crippen molar-refractivity contribution in [2.24, 2.45) is 0 Å². The maximum Gasteiger partial charge on any atom is 0.332 e. The third kappa shape index (κ3) is 3.82. The Morgan fingerprint density at radius 3 is 2.43 bits per heavy atom. The maximum absolute atomic E-state index is 12.1. The summed E-state index contributed by atoms with van der Waals surface area (Å²) in [6.07, 6.45) is -0.676. The van der Waals surface area contributed by atoms with E-state index in [1.165, 1.54) is 0 Å². The first-order valence-electron chi connectivity index (χ1n) is 7.11. The van der Waals surface area contributed by atoms with E-state index in [0.29, 0.717) is 19.4 Å². The van der Waals surface area contributed by atoms with Gasteiger partial charge in [-0.1, -0.05) is 44.2 Å². The van der Waals surface area contributed by atoms with Gasteiger partial charge in [-0.15, -0.1) is 0 Å². The number of ether oxygens (including phenoxy) is 1. The van der Waals surface area contributed by atoms with Crippen molar-refractivity contribution in [3.05, 3.63) is 35.9 Å². The molecule has 2 atom stereocenters. The summed E-state index contributed by atoms with van der Waals surface area (Å²) in [6, 6.07) is 9.95. The van der Waals surface area contributed by atoms with E-state index in [0.717, 1.165) is 5.56 Å². The van der Waals surface area contributed by atoms with Crippen molar-refractivity contribution in [2.75, 3.05) is 6.54 Å². The summed E-state index contributed by atoms with van der Waals surface area (Å²) in [7, 11) is 0. The predicted molar refractivity (Wildman–Crippen MR) is 78.0 cm³/mol. The molecule has 1 heterocycles. The second-order valence-corrected chi connectivity index (χ2v) is 6.00. The van der Waals surface area contributed by atoms with Crippen LogP contribution in [0.5, 0.6) is 0 Å². The monoisotopic (exact) mass is 291 g/mol. The molecule has 0 spiro atoms. The van der Waals surface area contributed by atoms with Crippen molar-refractivity contribution in [1.82, 2.24) is 5.32 Å². The van der Waals surface area contributed by atoms with Crippen LogP contribution in [0.3, 0.4) is 0 Å². The van der Waals surface area contributed by atoms with E-state index >= 15 is 0 Å². The molecular weight excluding hydrogens is 270 g/mol. The predicted octanol–water partition coefficient (Wildman–Crippen LogP) is 1.71. The molecule has 2 N–H and O–H groups in total. The number of carboxylic acids is 1. The average molecular weight is 291 g/mol.